The molecule has 3 aliphatic rings. The first-order valence-electron chi connectivity index (χ1n) is 9.19. The van der Waals surface area contributed by atoms with E-state index in [9.17, 15) is 9.18 Å². The van der Waals surface area contributed by atoms with Gasteiger partial charge in [0.2, 0.25) is 0 Å². The van der Waals surface area contributed by atoms with Gasteiger partial charge in [-0.1, -0.05) is 30.3 Å². The highest BCUT2D eigenvalue weighted by atomic mass is 19.1. The summed E-state index contributed by atoms with van der Waals surface area (Å²) in [7, 11) is 0. The molecule has 0 aliphatic carbocycles. The lowest BCUT2D eigenvalue weighted by molar-refractivity contribution is -0.159. The summed E-state index contributed by atoms with van der Waals surface area (Å²) in [5.41, 5.74) is 1.52. The summed E-state index contributed by atoms with van der Waals surface area (Å²) in [5.74, 6) is -0.174. The van der Waals surface area contributed by atoms with Gasteiger partial charge in [0.05, 0.1) is 0 Å². The topological polar surface area (TPSA) is 41.6 Å². The van der Waals surface area contributed by atoms with E-state index < -0.39 is 6.04 Å². The second-order valence-corrected chi connectivity index (χ2v) is 7.11. The van der Waals surface area contributed by atoms with Gasteiger partial charge < -0.3 is 10.1 Å². The van der Waals surface area contributed by atoms with E-state index in [4.69, 9.17) is 4.74 Å². The van der Waals surface area contributed by atoms with Crippen molar-refractivity contribution in [2.75, 3.05) is 25.0 Å². The smallest absolute Gasteiger partial charge is 0.333 e. The summed E-state index contributed by atoms with van der Waals surface area (Å²) in [6.07, 6.45) is 2.13. The van der Waals surface area contributed by atoms with Gasteiger partial charge in [0.25, 0.3) is 0 Å². The third kappa shape index (κ3) is 3.73. The minimum atomic E-state index is -0.659. The fraction of sp³-hybridized carbons (Fsp3) is 0.381. The molecule has 5 rings (SSSR count). The zero-order valence-corrected chi connectivity index (χ0v) is 14.6. The monoisotopic (exact) mass is 354 g/mol. The fourth-order valence-electron chi connectivity index (χ4n) is 3.90. The van der Waals surface area contributed by atoms with Crippen molar-refractivity contribution in [2.45, 2.75) is 25.0 Å². The number of para-hydroxylation sites is 1. The van der Waals surface area contributed by atoms with Gasteiger partial charge in [-0.25, -0.2) is 9.18 Å². The number of esters is 1. The van der Waals surface area contributed by atoms with Crippen LogP contribution in [0.25, 0.3) is 0 Å². The molecule has 3 saturated heterocycles. The first-order chi connectivity index (χ1) is 12.7. The van der Waals surface area contributed by atoms with Gasteiger partial charge in [0.1, 0.15) is 11.9 Å². The van der Waals surface area contributed by atoms with Crippen LogP contribution in [0.4, 0.5) is 10.1 Å². The number of carbonyl (C=O) groups excluding carboxylic acids is 1. The summed E-state index contributed by atoms with van der Waals surface area (Å²) in [5, 5.41) is 3.24. The molecular formula is C21H23FN2O2. The Morgan fingerprint density at radius 3 is 2.38 bits per heavy atom. The molecule has 3 fully saturated rings. The molecule has 1 N–H and O–H groups in total. The van der Waals surface area contributed by atoms with Gasteiger partial charge in [0, 0.05) is 12.2 Å². The standard InChI is InChI=1S/C21H23FN2O2/c22-17-8-6-16(7-9-17)20(23-18-4-2-1-3-5-18)21(25)26-19-14-24-12-10-15(19)11-13-24/h1-9,15,19-20,23H,10-14H2/t19-,20?/m0/s1. The van der Waals surface area contributed by atoms with Gasteiger partial charge in [-0.2, -0.15) is 0 Å². The van der Waals surface area contributed by atoms with Crippen molar-refractivity contribution in [1.82, 2.24) is 4.90 Å². The van der Waals surface area contributed by atoms with Crippen molar-refractivity contribution in [3.05, 3.63) is 66.0 Å². The molecule has 4 nitrogen and oxygen atoms in total. The van der Waals surface area contributed by atoms with Gasteiger partial charge >= 0.3 is 5.97 Å². The average Bonchev–Trinajstić information content (AvgIpc) is 2.69. The Bertz CT molecular complexity index is 742. The Hall–Kier alpha value is -2.40. The van der Waals surface area contributed by atoms with E-state index in [1.54, 1.807) is 12.1 Å². The minimum absolute atomic E-state index is 0.0504. The lowest BCUT2D eigenvalue weighted by Gasteiger charge is -2.44. The highest BCUT2D eigenvalue weighted by molar-refractivity contribution is 5.81. The summed E-state index contributed by atoms with van der Waals surface area (Å²) in [6, 6.07) is 14.9. The molecule has 0 saturated carbocycles. The molecule has 3 aliphatic heterocycles. The number of hydrogen-bond donors (Lipinski definition) is 1. The molecule has 3 heterocycles. The molecule has 0 radical (unpaired) electrons. The number of rotatable bonds is 5. The summed E-state index contributed by atoms with van der Waals surface area (Å²) < 4.78 is 19.2. The maximum Gasteiger partial charge on any atom is 0.333 e. The largest absolute Gasteiger partial charge is 0.459 e. The molecule has 2 bridgehead atoms. The van der Waals surface area contributed by atoms with E-state index >= 15 is 0 Å². The number of nitrogens with zero attached hydrogens (tertiary/aromatic N) is 1. The molecule has 2 aromatic rings. The zero-order chi connectivity index (χ0) is 17.9. The van der Waals surface area contributed by atoms with E-state index in [1.165, 1.54) is 12.1 Å². The molecule has 0 amide bonds. The van der Waals surface area contributed by atoms with E-state index in [1.807, 2.05) is 30.3 Å². The van der Waals surface area contributed by atoms with Gasteiger partial charge in [-0.05, 0) is 61.7 Å². The summed E-state index contributed by atoms with van der Waals surface area (Å²) >= 11 is 0. The number of fused-ring (bicyclic) bond motifs is 3. The SMILES string of the molecule is O=C(O[C@H]1CN2CCC1CC2)C(Nc1ccccc1)c1ccc(F)cc1. The first-order valence-corrected chi connectivity index (χ1v) is 9.19. The van der Waals surface area contributed by atoms with Crippen molar-refractivity contribution in [1.29, 1.82) is 0 Å². The highest BCUT2D eigenvalue weighted by Crippen LogP contribution is 2.31. The van der Waals surface area contributed by atoms with Crippen LogP contribution in [-0.4, -0.2) is 36.6 Å². The van der Waals surface area contributed by atoms with Crippen LogP contribution in [0.3, 0.4) is 0 Å². The molecule has 1 unspecified atom stereocenters. The van der Waals surface area contributed by atoms with Crippen molar-refractivity contribution in [3.63, 3.8) is 0 Å². The molecular weight excluding hydrogens is 331 g/mol. The number of nitrogens with one attached hydrogen (secondary N) is 1. The third-order valence-electron chi connectivity index (χ3n) is 5.39. The third-order valence-corrected chi connectivity index (χ3v) is 5.39. The Morgan fingerprint density at radius 1 is 1.08 bits per heavy atom. The van der Waals surface area contributed by atoms with E-state index in [2.05, 4.69) is 10.2 Å². The number of hydrogen-bond acceptors (Lipinski definition) is 4. The Kier molecular flexibility index (Phi) is 4.89. The fourth-order valence-corrected chi connectivity index (χ4v) is 3.90. The van der Waals surface area contributed by atoms with Crippen molar-refractivity contribution in [2.24, 2.45) is 5.92 Å². The number of carbonyl (C=O) groups is 1. The predicted molar refractivity (Wildman–Crippen MR) is 98.2 cm³/mol. The van der Waals surface area contributed by atoms with Crippen LogP contribution < -0.4 is 5.32 Å². The number of benzene rings is 2. The quantitative estimate of drug-likeness (QED) is 0.833. The zero-order valence-electron chi connectivity index (χ0n) is 14.6. The second-order valence-electron chi connectivity index (χ2n) is 7.11. The van der Waals surface area contributed by atoms with Crippen LogP contribution in [-0.2, 0) is 9.53 Å². The van der Waals surface area contributed by atoms with Crippen LogP contribution in [0.15, 0.2) is 54.6 Å². The van der Waals surface area contributed by atoms with Crippen LogP contribution in [0.1, 0.15) is 24.4 Å². The number of halogens is 1. The number of piperidine rings is 3. The first kappa shape index (κ1) is 17.0. The molecule has 2 aromatic carbocycles. The highest BCUT2D eigenvalue weighted by Gasteiger charge is 2.37. The molecule has 5 heteroatoms. The Balaban J connectivity index is 1.53. The Labute approximate surface area is 153 Å². The molecule has 26 heavy (non-hydrogen) atoms. The van der Waals surface area contributed by atoms with Crippen molar-refractivity contribution >= 4 is 11.7 Å². The lowest BCUT2D eigenvalue weighted by Crippen LogP contribution is -2.52. The van der Waals surface area contributed by atoms with Crippen LogP contribution in [0.2, 0.25) is 0 Å². The van der Waals surface area contributed by atoms with Crippen molar-refractivity contribution in [3.8, 4) is 0 Å². The van der Waals surface area contributed by atoms with E-state index in [-0.39, 0.29) is 17.9 Å². The second kappa shape index (κ2) is 7.46. The average molecular weight is 354 g/mol. The van der Waals surface area contributed by atoms with Crippen LogP contribution in [0.5, 0.6) is 0 Å². The number of anilines is 1. The van der Waals surface area contributed by atoms with Gasteiger partial charge in [-0.15, -0.1) is 0 Å². The molecule has 136 valence electrons. The van der Waals surface area contributed by atoms with E-state index in [0.717, 1.165) is 38.2 Å². The van der Waals surface area contributed by atoms with Gasteiger partial charge in [-0.3, -0.25) is 4.90 Å². The summed E-state index contributed by atoms with van der Waals surface area (Å²) in [4.78, 5) is 15.3. The van der Waals surface area contributed by atoms with Crippen LogP contribution in [0, 0.1) is 11.7 Å². The minimum Gasteiger partial charge on any atom is -0.459 e. The molecule has 2 atom stereocenters. The normalized spacial score (nSPS) is 25.5. The summed E-state index contributed by atoms with van der Waals surface area (Å²) in [6.45, 7) is 3.02. The number of ether oxygens (including phenoxy) is 1. The maximum absolute atomic E-state index is 13.3. The molecule has 0 spiro atoms. The van der Waals surface area contributed by atoms with Crippen LogP contribution >= 0.6 is 0 Å². The van der Waals surface area contributed by atoms with Crippen molar-refractivity contribution < 1.29 is 13.9 Å². The maximum atomic E-state index is 13.3. The Morgan fingerprint density at radius 2 is 1.77 bits per heavy atom. The lowest BCUT2D eigenvalue weighted by atomic mass is 9.86. The molecule has 0 aromatic heterocycles. The van der Waals surface area contributed by atoms with E-state index in [0.29, 0.717) is 11.5 Å². The van der Waals surface area contributed by atoms with Gasteiger partial charge in [0.15, 0.2) is 6.04 Å². The predicted octanol–water partition coefficient (Wildman–Crippen LogP) is 3.62.